The van der Waals surface area contributed by atoms with Crippen LogP contribution < -0.4 is 10.5 Å². The van der Waals surface area contributed by atoms with Gasteiger partial charge in [-0.25, -0.2) is 0 Å². The summed E-state index contributed by atoms with van der Waals surface area (Å²) in [5, 5.41) is 0.587. The maximum absolute atomic E-state index is 5.95. The molecule has 0 atom stereocenters. The fraction of sp³-hybridized carbons (Fsp3) is 0.250. The molecule has 2 aromatic carbocycles. The lowest BCUT2D eigenvalue weighted by molar-refractivity contribution is 0.304. The highest BCUT2D eigenvalue weighted by Gasteiger charge is 2.10. The number of anilines is 1. The molecule has 2 aromatic rings. The number of halogens is 2. The summed E-state index contributed by atoms with van der Waals surface area (Å²) in [6, 6.07) is 7.79. The molecule has 0 spiro atoms. The van der Waals surface area contributed by atoms with Crippen LogP contribution in [0.5, 0.6) is 5.75 Å². The van der Waals surface area contributed by atoms with Gasteiger partial charge in [0.1, 0.15) is 6.61 Å². The van der Waals surface area contributed by atoms with Gasteiger partial charge in [0.15, 0.2) is 5.75 Å². The van der Waals surface area contributed by atoms with Crippen molar-refractivity contribution < 1.29 is 4.74 Å². The molecule has 0 heterocycles. The molecule has 0 aliphatic rings. The third kappa shape index (κ3) is 3.28. The number of benzene rings is 2. The molecule has 106 valence electrons. The second-order valence-corrected chi connectivity index (χ2v) is 6.26. The SMILES string of the molecule is Cc1cc(C)c(COc2c(N)cc(Cl)cc2Br)c(C)c1. The van der Waals surface area contributed by atoms with Gasteiger partial charge in [-0.2, -0.15) is 0 Å². The number of nitrogen functional groups attached to an aromatic ring is 1. The molecule has 0 aliphatic carbocycles. The third-order valence-corrected chi connectivity index (χ3v) is 4.05. The van der Waals surface area contributed by atoms with Crippen molar-refractivity contribution in [1.29, 1.82) is 0 Å². The summed E-state index contributed by atoms with van der Waals surface area (Å²) in [6.45, 7) is 6.78. The van der Waals surface area contributed by atoms with Crippen molar-refractivity contribution in [3.8, 4) is 5.75 Å². The van der Waals surface area contributed by atoms with Gasteiger partial charge in [0.25, 0.3) is 0 Å². The fourth-order valence-corrected chi connectivity index (χ4v) is 3.26. The molecule has 0 radical (unpaired) electrons. The first-order valence-electron chi connectivity index (χ1n) is 6.32. The van der Waals surface area contributed by atoms with E-state index in [4.69, 9.17) is 22.1 Å². The number of nitrogens with two attached hydrogens (primary N) is 1. The van der Waals surface area contributed by atoms with Crippen LogP contribution in [-0.2, 0) is 6.61 Å². The predicted molar refractivity (Wildman–Crippen MR) is 88.5 cm³/mol. The minimum Gasteiger partial charge on any atom is -0.486 e. The Labute approximate surface area is 133 Å². The van der Waals surface area contributed by atoms with E-state index in [-0.39, 0.29) is 0 Å². The van der Waals surface area contributed by atoms with Gasteiger partial charge in [0.2, 0.25) is 0 Å². The normalized spacial score (nSPS) is 10.7. The Morgan fingerprint density at radius 2 is 1.70 bits per heavy atom. The van der Waals surface area contributed by atoms with E-state index in [0.29, 0.717) is 23.1 Å². The number of hydrogen-bond acceptors (Lipinski definition) is 2. The van der Waals surface area contributed by atoms with Crippen LogP contribution in [0.15, 0.2) is 28.7 Å². The van der Waals surface area contributed by atoms with Gasteiger partial charge in [-0.05, 0) is 65.5 Å². The monoisotopic (exact) mass is 353 g/mol. The van der Waals surface area contributed by atoms with Crippen molar-refractivity contribution in [2.24, 2.45) is 0 Å². The highest BCUT2D eigenvalue weighted by atomic mass is 79.9. The molecule has 2 N–H and O–H groups in total. The number of ether oxygens (including phenoxy) is 1. The lowest BCUT2D eigenvalue weighted by Gasteiger charge is -2.15. The van der Waals surface area contributed by atoms with E-state index >= 15 is 0 Å². The lowest BCUT2D eigenvalue weighted by Crippen LogP contribution is -2.03. The van der Waals surface area contributed by atoms with Crippen molar-refractivity contribution in [2.75, 3.05) is 5.73 Å². The Bertz CT molecular complexity index is 551. The van der Waals surface area contributed by atoms with E-state index in [1.807, 2.05) is 0 Å². The molecule has 20 heavy (non-hydrogen) atoms. The minimum atomic E-state index is 0.488. The van der Waals surface area contributed by atoms with Gasteiger partial charge in [-0.1, -0.05) is 29.3 Å². The van der Waals surface area contributed by atoms with Crippen molar-refractivity contribution in [3.63, 3.8) is 0 Å². The van der Waals surface area contributed by atoms with Gasteiger partial charge in [0, 0.05) is 5.02 Å². The molecule has 2 rings (SSSR count). The maximum Gasteiger partial charge on any atom is 0.156 e. The van der Waals surface area contributed by atoms with Crippen LogP contribution in [0.4, 0.5) is 5.69 Å². The van der Waals surface area contributed by atoms with Gasteiger partial charge in [-0.3, -0.25) is 0 Å². The molecule has 0 saturated heterocycles. The molecule has 0 aromatic heterocycles. The summed E-state index contributed by atoms with van der Waals surface area (Å²) in [5.74, 6) is 0.633. The van der Waals surface area contributed by atoms with Crippen LogP contribution in [0.2, 0.25) is 5.02 Å². The Morgan fingerprint density at radius 3 is 2.25 bits per heavy atom. The van der Waals surface area contributed by atoms with Gasteiger partial charge in [0.05, 0.1) is 10.2 Å². The Balaban J connectivity index is 2.26. The predicted octanol–water partition coefficient (Wildman–Crippen LogP) is 5.19. The molecule has 0 unspecified atom stereocenters. The minimum absolute atomic E-state index is 0.488. The van der Waals surface area contributed by atoms with E-state index < -0.39 is 0 Å². The van der Waals surface area contributed by atoms with E-state index in [1.54, 1.807) is 12.1 Å². The standard InChI is InChI=1S/C16H17BrClNO/c1-9-4-10(2)13(11(3)5-9)8-20-16-14(17)6-12(18)7-15(16)19/h4-7H,8,19H2,1-3H3. The van der Waals surface area contributed by atoms with Crippen molar-refractivity contribution in [3.05, 3.63) is 56.0 Å². The summed E-state index contributed by atoms with van der Waals surface area (Å²) in [7, 11) is 0. The largest absolute Gasteiger partial charge is 0.486 e. The van der Waals surface area contributed by atoms with Crippen molar-refractivity contribution in [1.82, 2.24) is 0 Å². The highest BCUT2D eigenvalue weighted by Crippen LogP contribution is 2.35. The average Bonchev–Trinajstić information content (AvgIpc) is 2.30. The molecule has 0 aliphatic heterocycles. The van der Waals surface area contributed by atoms with Crippen LogP contribution in [0.25, 0.3) is 0 Å². The molecule has 0 amide bonds. The van der Waals surface area contributed by atoms with Crippen LogP contribution in [0.3, 0.4) is 0 Å². The molecule has 0 bridgehead atoms. The molecule has 0 fully saturated rings. The fourth-order valence-electron chi connectivity index (χ4n) is 2.31. The quantitative estimate of drug-likeness (QED) is 0.770. The smallest absolute Gasteiger partial charge is 0.156 e. The second kappa shape index (κ2) is 6.06. The first-order chi connectivity index (χ1) is 9.38. The second-order valence-electron chi connectivity index (χ2n) is 4.97. The zero-order valence-corrected chi connectivity index (χ0v) is 14.1. The van der Waals surface area contributed by atoms with Crippen molar-refractivity contribution >= 4 is 33.2 Å². The maximum atomic E-state index is 5.95. The van der Waals surface area contributed by atoms with Crippen LogP contribution in [0.1, 0.15) is 22.3 Å². The van der Waals surface area contributed by atoms with E-state index in [1.165, 1.54) is 22.3 Å². The summed E-state index contributed by atoms with van der Waals surface area (Å²) in [6.07, 6.45) is 0. The topological polar surface area (TPSA) is 35.2 Å². The Morgan fingerprint density at radius 1 is 1.10 bits per heavy atom. The molecule has 4 heteroatoms. The first-order valence-corrected chi connectivity index (χ1v) is 7.49. The summed E-state index contributed by atoms with van der Waals surface area (Å²) in [5.41, 5.74) is 11.4. The molecular formula is C16H17BrClNO. The zero-order chi connectivity index (χ0) is 14.9. The van der Waals surface area contributed by atoms with E-state index in [0.717, 1.165) is 4.47 Å². The Kier molecular flexibility index (Phi) is 4.61. The molecule has 0 saturated carbocycles. The average molecular weight is 355 g/mol. The lowest BCUT2D eigenvalue weighted by atomic mass is 10.0. The summed E-state index contributed by atoms with van der Waals surface area (Å²) >= 11 is 9.37. The van der Waals surface area contributed by atoms with Crippen LogP contribution in [0, 0.1) is 20.8 Å². The van der Waals surface area contributed by atoms with Crippen LogP contribution >= 0.6 is 27.5 Å². The highest BCUT2D eigenvalue weighted by molar-refractivity contribution is 9.10. The van der Waals surface area contributed by atoms with Crippen molar-refractivity contribution in [2.45, 2.75) is 27.4 Å². The van der Waals surface area contributed by atoms with E-state index in [2.05, 4.69) is 48.8 Å². The number of hydrogen-bond donors (Lipinski definition) is 1. The third-order valence-electron chi connectivity index (χ3n) is 3.24. The summed E-state index contributed by atoms with van der Waals surface area (Å²) in [4.78, 5) is 0. The number of aryl methyl sites for hydroxylation is 3. The van der Waals surface area contributed by atoms with Gasteiger partial charge in [-0.15, -0.1) is 0 Å². The Hall–Kier alpha value is -1.19. The number of rotatable bonds is 3. The van der Waals surface area contributed by atoms with Gasteiger partial charge < -0.3 is 10.5 Å². The zero-order valence-electron chi connectivity index (χ0n) is 11.8. The summed E-state index contributed by atoms with van der Waals surface area (Å²) < 4.78 is 6.65. The molecule has 2 nitrogen and oxygen atoms in total. The van der Waals surface area contributed by atoms with Gasteiger partial charge >= 0.3 is 0 Å². The van der Waals surface area contributed by atoms with Crippen LogP contribution in [-0.4, -0.2) is 0 Å². The van der Waals surface area contributed by atoms with E-state index in [9.17, 15) is 0 Å². The molecular weight excluding hydrogens is 338 g/mol. The first kappa shape index (κ1) is 15.2.